The minimum Gasteiger partial charge on any atom is -0.478 e. The highest BCUT2D eigenvalue weighted by Gasteiger charge is 2.04. The molecular weight excluding hydrogens is 214 g/mol. The molecule has 0 rings (SSSR count). The maximum atomic E-state index is 11.0. The van der Waals surface area contributed by atoms with E-state index in [9.17, 15) is 14.4 Å². The molecule has 0 bridgehead atoms. The number of amides is 1. The van der Waals surface area contributed by atoms with E-state index in [0.29, 0.717) is 12.6 Å². The van der Waals surface area contributed by atoms with Crippen LogP contribution in [0.1, 0.15) is 19.8 Å². The molecule has 0 unspecified atom stereocenters. The molecule has 0 aromatic rings. The van der Waals surface area contributed by atoms with Crippen molar-refractivity contribution in [3.63, 3.8) is 0 Å². The van der Waals surface area contributed by atoms with Crippen molar-refractivity contribution < 1.29 is 24.2 Å². The Kier molecular flexibility index (Phi) is 7.48. The first-order valence-electron chi connectivity index (χ1n) is 4.90. The van der Waals surface area contributed by atoms with E-state index in [1.54, 1.807) is 0 Å². The Balaban J connectivity index is 3.67. The van der Waals surface area contributed by atoms with Gasteiger partial charge in [-0.25, -0.2) is 9.59 Å². The molecule has 0 fully saturated rings. The molecule has 16 heavy (non-hydrogen) atoms. The molecule has 1 amide bonds. The Labute approximate surface area is 93.3 Å². The maximum Gasteiger partial charge on any atom is 0.331 e. The Morgan fingerprint density at radius 2 is 2.00 bits per heavy atom. The Bertz CT molecular complexity index is 285. The van der Waals surface area contributed by atoms with Crippen molar-refractivity contribution in [2.75, 3.05) is 13.2 Å². The first-order valence-corrected chi connectivity index (χ1v) is 4.90. The van der Waals surface area contributed by atoms with E-state index in [2.05, 4.69) is 10.1 Å². The molecule has 0 heterocycles. The molecule has 90 valence electrons. The van der Waals surface area contributed by atoms with Crippen molar-refractivity contribution >= 4 is 17.8 Å². The number of nitrogens with one attached hydrogen (secondary N) is 1. The van der Waals surface area contributed by atoms with Crippen LogP contribution in [0.2, 0.25) is 0 Å². The minimum atomic E-state index is -1.25. The van der Waals surface area contributed by atoms with Gasteiger partial charge in [-0.1, -0.05) is 13.3 Å². The van der Waals surface area contributed by atoms with E-state index >= 15 is 0 Å². The van der Waals surface area contributed by atoms with Crippen molar-refractivity contribution in [1.82, 2.24) is 5.32 Å². The molecule has 6 nitrogen and oxygen atoms in total. The van der Waals surface area contributed by atoms with Gasteiger partial charge >= 0.3 is 11.9 Å². The van der Waals surface area contributed by atoms with E-state index < -0.39 is 24.5 Å². The summed E-state index contributed by atoms with van der Waals surface area (Å²) >= 11 is 0. The monoisotopic (exact) mass is 229 g/mol. The van der Waals surface area contributed by atoms with Gasteiger partial charge in [0, 0.05) is 18.7 Å². The summed E-state index contributed by atoms with van der Waals surface area (Å²) in [6.07, 6.45) is 3.22. The van der Waals surface area contributed by atoms with Gasteiger partial charge in [-0.2, -0.15) is 0 Å². The molecule has 0 aliphatic carbocycles. The van der Waals surface area contributed by atoms with Gasteiger partial charge in [-0.15, -0.1) is 0 Å². The number of carboxylic acid groups (broad SMARTS) is 1. The van der Waals surface area contributed by atoms with Crippen LogP contribution in [0.5, 0.6) is 0 Å². The van der Waals surface area contributed by atoms with E-state index in [0.717, 1.165) is 18.9 Å². The minimum absolute atomic E-state index is 0.396. The predicted molar refractivity (Wildman–Crippen MR) is 55.7 cm³/mol. The topological polar surface area (TPSA) is 92.7 Å². The molecule has 0 atom stereocenters. The second-order valence-electron chi connectivity index (χ2n) is 2.98. The van der Waals surface area contributed by atoms with Crippen LogP contribution in [0.25, 0.3) is 0 Å². The first kappa shape index (κ1) is 14.2. The van der Waals surface area contributed by atoms with E-state index in [4.69, 9.17) is 5.11 Å². The number of esters is 1. The molecule has 0 saturated carbocycles. The van der Waals surface area contributed by atoms with Crippen LogP contribution in [-0.4, -0.2) is 36.1 Å². The van der Waals surface area contributed by atoms with Crippen molar-refractivity contribution in [2.45, 2.75) is 19.8 Å². The Morgan fingerprint density at radius 3 is 2.56 bits per heavy atom. The largest absolute Gasteiger partial charge is 0.478 e. The molecule has 0 spiro atoms. The third-order valence-corrected chi connectivity index (χ3v) is 1.56. The number of carbonyl (C=O) groups excluding carboxylic acids is 2. The quantitative estimate of drug-likeness (QED) is 0.366. The molecular formula is C10H15NO5. The standard InChI is InChI=1S/C10H15NO5/c1-2-3-6-11-8(12)7-16-10(15)5-4-9(13)14/h4-5H,2-3,6-7H2,1H3,(H,11,12)(H,13,14). The summed E-state index contributed by atoms with van der Waals surface area (Å²) in [6, 6.07) is 0. The van der Waals surface area contributed by atoms with Crippen molar-refractivity contribution in [1.29, 1.82) is 0 Å². The maximum absolute atomic E-state index is 11.0. The van der Waals surface area contributed by atoms with E-state index in [1.165, 1.54) is 0 Å². The predicted octanol–water partition coefficient (Wildman–Crippen LogP) is 0.0867. The van der Waals surface area contributed by atoms with Crippen LogP contribution in [0.15, 0.2) is 12.2 Å². The average Bonchev–Trinajstić information content (AvgIpc) is 2.24. The van der Waals surface area contributed by atoms with Crippen LogP contribution in [-0.2, 0) is 19.1 Å². The van der Waals surface area contributed by atoms with Crippen molar-refractivity contribution in [3.05, 3.63) is 12.2 Å². The van der Waals surface area contributed by atoms with Crippen LogP contribution >= 0.6 is 0 Å². The third-order valence-electron chi connectivity index (χ3n) is 1.56. The van der Waals surface area contributed by atoms with Gasteiger partial charge in [0.15, 0.2) is 6.61 Å². The van der Waals surface area contributed by atoms with Crippen LogP contribution in [0, 0.1) is 0 Å². The number of ether oxygens (including phenoxy) is 1. The number of unbranched alkanes of at least 4 members (excludes halogenated alkanes) is 1. The second kappa shape index (κ2) is 8.46. The third kappa shape index (κ3) is 8.74. The number of hydrogen-bond donors (Lipinski definition) is 2. The second-order valence-corrected chi connectivity index (χ2v) is 2.98. The fourth-order valence-corrected chi connectivity index (χ4v) is 0.780. The van der Waals surface area contributed by atoms with Crippen LogP contribution in [0.3, 0.4) is 0 Å². The summed E-state index contributed by atoms with van der Waals surface area (Å²) < 4.78 is 4.48. The summed E-state index contributed by atoms with van der Waals surface area (Å²) in [6.45, 7) is 2.13. The Morgan fingerprint density at radius 1 is 1.31 bits per heavy atom. The van der Waals surface area contributed by atoms with Crippen LogP contribution in [0.4, 0.5) is 0 Å². The van der Waals surface area contributed by atoms with E-state index in [1.807, 2.05) is 6.92 Å². The summed E-state index contributed by atoms with van der Waals surface area (Å²) in [4.78, 5) is 31.9. The van der Waals surface area contributed by atoms with Crippen LogP contribution < -0.4 is 5.32 Å². The molecule has 0 aliphatic heterocycles. The molecule has 0 aliphatic rings. The summed E-state index contributed by atoms with van der Waals surface area (Å²) in [5, 5.41) is 10.8. The number of hydrogen-bond acceptors (Lipinski definition) is 4. The molecule has 0 aromatic heterocycles. The lowest BCUT2D eigenvalue weighted by Crippen LogP contribution is -2.29. The van der Waals surface area contributed by atoms with E-state index in [-0.39, 0.29) is 0 Å². The average molecular weight is 229 g/mol. The zero-order chi connectivity index (χ0) is 12.4. The van der Waals surface area contributed by atoms with Gasteiger partial charge < -0.3 is 15.2 Å². The van der Waals surface area contributed by atoms with Gasteiger partial charge in [-0.3, -0.25) is 4.79 Å². The molecule has 0 radical (unpaired) electrons. The number of rotatable bonds is 7. The highest BCUT2D eigenvalue weighted by Crippen LogP contribution is 1.85. The normalized spacial score (nSPS) is 10.1. The lowest BCUT2D eigenvalue weighted by atomic mass is 10.3. The van der Waals surface area contributed by atoms with Crippen molar-refractivity contribution in [2.24, 2.45) is 0 Å². The summed E-state index contributed by atoms with van der Waals surface area (Å²) in [5.41, 5.74) is 0. The highest BCUT2D eigenvalue weighted by molar-refractivity contribution is 5.91. The van der Waals surface area contributed by atoms with Gasteiger partial charge in [0.25, 0.3) is 5.91 Å². The Hall–Kier alpha value is -1.85. The van der Waals surface area contributed by atoms with Gasteiger partial charge in [-0.05, 0) is 6.42 Å². The van der Waals surface area contributed by atoms with Gasteiger partial charge in [0.2, 0.25) is 0 Å². The molecule has 6 heteroatoms. The summed E-state index contributed by atoms with van der Waals surface area (Å²) in [5.74, 6) is -2.50. The number of carboxylic acids is 1. The summed E-state index contributed by atoms with van der Waals surface area (Å²) in [7, 11) is 0. The first-order chi connectivity index (χ1) is 7.56. The smallest absolute Gasteiger partial charge is 0.331 e. The molecule has 2 N–H and O–H groups in total. The lowest BCUT2D eigenvalue weighted by molar-refractivity contribution is -0.144. The number of aliphatic carboxylic acids is 1. The zero-order valence-corrected chi connectivity index (χ0v) is 9.06. The fraction of sp³-hybridized carbons (Fsp3) is 0.500. The zero-order valence-electron chi connectivity index (χ0n) is 9.06. The highest BCUT2D eigenvalue weighted by atomic mass is 16.5. The van der Waals surface area contributed by atoms with Gasteiger partial charge in [0.05, 0.1) is 0 Å². The molecule has 0 aromatic carbocycles. The van der Waals surface area contributed by atoms with Crippen molar-refractivity contribution in [3.8, 4) is 0 Å². The molecule has 0 saturated heterocycles. The number of carbonyl (C=O) groups is 3. The fourth-order valence-electron chi connectivity index (χ4n) is 0.780. The van der Waals surface area contributed by atoms with Gasteiger partial charge in [0.1, 0.15) is 0 Å². The SMILES string of the molecule is CCCCNC(=O)COC(=O)C=CC(=O)O. The lowest BCUT2D eigenvalue weighted by Gasteiger charge is -2.03.